The number of pyridine rings is 1. The Morgan fingerprint density at radius 1 is 1.17 bits per heavy atom. The monoisotopic (exact) mass is 337 g/mol. The van der Waals surface area contributed by atoms with Crippen LogP contribution in [0.1, 0.15) is 27.2 Å². The van der Waals surface area contributed by atoms with Gasteiger partial charge in [0, 0.05) is 16.0 Å². The van der Waals surface area contributed by atoms with Gasteiger partial charge in [-0.15, -0.1) is 0 Å². The molecule has 1 heterocycles. The fourth-order valence-electron chi connectivity index (χ4n) is 2.42. The Morgan fingerprint density at radius 3 is 2.75 bits per heavy atom. The molecule has 3 aromatic rings. The van der Waals surface area contributed by atoms with Gasteiger partial charge < -0.3 is 0 Å². The van der Waals surface area contributed by atoms with Gasteiger partial charge in [-0.1, -0.05) is 41.4 Å². The van der Waals surface area contributed by atoms with E-state index in [9.17, 15) is 4.79 Å². The van der Waals surface area contributed by atoms with Gasteiger partial charge >= 0.3 is 0 Å². The van der Waals surface area contributed by atoms with Crippen LogP contribution < -0.4 is 5.43 Å². The highest BCUT2D eigenvalue weighted by molar-refractivity contribution is 6.33. The molecule has 0 saturated heterocycles. The second-order valence-electron chi connectivity index (χ2n) is 5.54. The van der Waals surface area contributed by atoms with Crippen molar-refractivity contribution in [2.75, 3.05) is 0 Å². The van der Waals surface area contributed by atoms with Crippen molar-refractivity contribution >= 4 is 34.6 Å². The van der Waals surface area contributed by atoms with Crippen molar-refractivity contribution in [3.63, 3.8) is 0 Å². The van der Waals surface area contributed by atoms with Crippen molar-refractivity contribution in [2.24, 2.45) is 5.10 Å². The number of fused-ring (bicyclic) bond motifs is 1. The van der Waals surface area contributed by atoms with Crippen LogP contribution in [-0.2, 0) is 0 Å². The molecule has 1 N–H and O–H groups in total. The third kappa shape index (κ3) is 3.44. The lowest BCUT2D eigenvalue weighted by Crippen LogP contribution is -2.19. The number of aromatic nitrogens is 1. The predicted molar refractivity (Wildman–Crippen MR) is 97.7 cm³/mol. The first-order valence-electron chi connectivity index (χ1n) is 7.50. The van der Waals surface area contributed by atoms with Crippen LogP contribution in [0.3, 0.4) is 0 Å². The quantitative estimate of drug-likeness (QED) is 0.573. The van der Waals surface area contributed by atoms with Crippen LogP contribution in [0.25, 0.3) is 10.9 Å². The maximum Gasteiger partial charge on any atom is 0.273 e. The maximum atomic E-state index is 12.4. The Balaban J connectivity index is 1.83. The number of hydrazone groups is 1. The second kappa shape index (κ2) is 6.81. The topological polar surface area (TPSA) is 54.4 Å². The zero-order chi connectivity index (χ0) is 17.1. The van der Waals surface area contributed by atoms with E-state index in [0.717, 1.165) is 22.0 Å². The first-order valence-corrected chi connectivity index (χ1v) is 7.88. The van der Waals surface area contributed by atoms with E-state index in [1.165, 1.54) is 6.21 Å². The molecule has 0 fully saturated rings. The molecule has 0 radical (unpaired) electrons. The number of aryl methyl sites for hydroxylation is 2. The molecule has 0 spiro atoms. The summed E-state index contributed by atoms with van der Waals surface area (Å²) in [6, 6.07) is 15.1. The standard InChI is InChI=1S/C19H16ClN3O/c1-12-7-8-18-15(9-12)10-16(13(2)22-18)19(24)23-21-11-14-5-3-4-6-17(14)20/h3-11H,1-2H3,(H,23,24)/b21-11-. The minimum Gasteiger partial charge on any atom is -0.267 e. The smallest absolute Gasteiger partial charge is 0.267 e. The lowest BCUT2D eigenvalue weighted by molar-refractivity contribution is 0.0954. The number of carbonyl (C=O) groups is 1. The molecule has 3 rings (SSSR count). The first-order chi connectivity index (χ1) is 11.5. The average molecular weight is 338 g/mol. The fraction of sp³-hybridized carbons (Fsp3) is 0.105. The highest BCUT2D eigenvalue weighted by atomic mass is 35.5. The first kappa shape index (κ1) is 16.1. The van der Waals surface area contributed by atoms with Crippen molar-refractivity contribution in [1.82, 2.24) is 10.4 Å². The zero-order valence-electron chi connectivity index (χ0n) is 13.4. The van der Waals surface area contributed by atoms with Gasteiger partial charge in [0.2, 0.25) is 0 Å². The van der Waals surface area contributed by atoms with Crippen molar-refractivity contribution in [1.29, 1.82) is 0 Å². The minimum absolute atomic E-state index is 0.299. The van der Waals surface area contributed by atoms with E-state index in [1.807, 2.05) is 56.3 Å². The van der Waals surface area contributed by atoms with Gasteiger partial charge in [-0.2, -0.15) is 5.10 Å². The SMILES string of the molecule is Cc1ccc2nc(C)c(C(=O)N/N=C\c3ccccc3Cl)cc2c1. The molecule has 0 bridgehead atoms. The van der Waals surface area contributed by atoms with Crippen molar-refractivity contribution in [3.8, 4) is 0 Å². The van der Waals surface area contributed by atoms with E-state index in [0.29, 0.717) is 16.3 Å². The summed E-state index contributed by atoms with van der Waals surface area (Å²) in [5.74, 6) is -0.299. The average Bonchev–Trinajstić information content (AvgIpc) is 2.56. The Kier molecular flexibility index (Phi) is 4.58. The number of hydrogen-bond acceptors (Lipinski definition) is 3. The van der Waals surface area contributed by atoms with Gasteiger partial charge in [0.1, 0.15) is 0 Å². The summed E-state index contributed by atoms with van der Waals surface area (Å²) in [5.41, 5.74) is 6.42. The Hall–Kier alpha value is -2.72. The third-order valence-corrected chi connectivity index (χ3v) is 4.02. The van der Waals surface area contributed by atoms with Gasteiger partial charge in [-0.25, -0.2) is 5.43 Å². The number of carbonyl (C=O) groups excluding carboxylic acids is 1. The van der Waals surface area contributed by atoms with Crippen LogP contribution >= 0.6 is 11.6 Å². The van der Waals surface area contributed by atoms with E-state index >= 15 is 0 Å². The molecule has 0 aliphatic carbocycles. The highest BCUT2D eigenvalue weighted by Gasteiger charge is 2.11. The maximum absolute atomic E-state index is 12.4. The molecule has 1 amide bonds. The summed E-state index contributed by atoms with van der Waals surface area (Å²) in [4.78, 5) is 16.9. The van der Waals surface area contributed by atoms with Crippen LogP contribution in [-0.4, -0.2) is 17.1 Å². The molecular weight excluding hydrogens is 322 g/mol. The predicted octanol–water partition coefficient (Wildman–Crippen LogP) is 4.27. The van der Waals surface area contributed by atoms with Crippen molar-refractivity contribution < 1.29 is 4.79 Å². The van der Waals surface area contributed by atoms with E-state index in [1.54, 1.807) is 6.07 Å². The van der Waals surface area contributed by atoms with Gasteiger partial charge in [0.15, 0.2) is 0 Å². The Morgan fingerprint density at radius 2 is 1.96 bits per heavy atom. The van der Waals surface area contributed by atoms with Gasteiger partial charge in [0.25, 0.3) is 5.91 Å². The van der Waals surface area contributed by atoms with Gasteiger partial charge in [-0.05, 0) is 38.1 Å². The molecule has 0 aliphatic heterocycles. The molecule has 120 valence electrons. The van der Waals surface area contributed by atoms with Crippen molar-refractivity contribution in [2.45, 2.75) is 13.8 Å². The summed E-state index contributed by atoms with van der Waals surface area (Å²) in [7, 11) is 0. The summed E-state index contributed by atoms with van der Waals surface area (Å²) in [6.07, 6.45) is 1.52. The summed E-state index contributed by atoms with van der Waals surface area (Å²) in [6.45, 7) is 3.82. The molecule has 0 aliphatic rings. The number of halogens is 1. The van der Waals surface area contributed by atoms with Crippen LogP contribution in [0, 0.1) is 13.8 Å². The van der Waals surface area contributed by atoms with Crippen molar-refractivity contribution in [3.05, 3.63) is 75.9 Å². The van der Waals surface area contributed by atoms with Gasteiger partial charge in [0.05, 0.1) is 23.0 Å². The molecule has 24 heavy (non-hydrogen) atoms. The molecule has 5 heteroatoms. The lowest BCUT2D eigenvalue weighted by atomic mass is 10.1. The Bertz CT molecular complexity index is 950. The van der Waals surface area contributed by atoms with Crippen LogP contribution in [0.2, 0.25) is 5.02 Å². The fourth-order valence-corrected chi connectivity index (χ4v) is 2.61. The molecule has 2 aromatic carbocycles. The molecular formula is C19H16ClN3O. The number of nitrogens with one attached hydrogen (secondary N) is 1. The van der Waals surface area contributed by atoms with E-state index in [4.69, 9.17) is 11.6 Å². The number of hydrogen-bond donors (Lipinski definition) is 1. The molecule has 0 unspecified atom stereocenters. The van der Waals surface area contributed by atoms with Gasteiger partial charge in [-0.3, -0.25) is 9.78 Å². The molecule has 0 atom stereocenters. The normalized spacial score (nSPS) is 11.1. The number of benzene rings is 2. The Labute approximate surface area is 145 Å². The van der Waals surface area contributed by atoms with E-state index in [-0.39, 0.29) is 5.91 Å². The van der Waals surface area contributed by atoms with E-state index in [2.05, 4.69) is 15.5 Å². The largest absolute Gasteiger partial charge is 0.273 e. The van der Waals surface area contributed by atoms with Crippen LogP contribution in [0.4, 0.5) is 0 Å². The number of rotatable bonds is 3. The molecule has 0 saturated carbocycles. The minimum atomic E-state index is -0.299. The third-order valence-electron chi connectivity index (χ3n) is 3.68. The summed E-state index contributed by atoms with van der Waals surface area (Å²) >= 11 is 6.05. The summed E-state index contributed by atoms with van der Waals surface area (Å²) < 4.78 is 0. The molecule has 1 aromatic heterocycles. The number of amides is 1. The number of nitrogens with zero attached hydrogens (tertiary/aromatic N) is 2. The second-order valence-corrected chi connectivity index (χ2v) is 5.95. The summed E-state index contributed by atoms with van der Waals surface area (Å²) in [5, 5.41) is 5.49. The molecule has 4 nitrogen and oxygen atoms in total. The highest BCUT2D eigenvalue weighted by Crippen LogP contribution is 2.18. The zero-order valence-corrected chi connectivity index (χ0v) is 14.1. The van der Waals surface area contributed by atoms with Crippen LogP contribution in [0.15, 0.2) is 53.6 Å². The van der Waals surface area contributed by atoms with E-state index < -0.39 is 0 Å². The lowest BCUT2D eigenvalue weighted by Gasteiger charge is -2.07. The van der Waals surface area contributed by atoms with Crippen LogP contribution in [0.5, 0.6) is 0 Å².